The number of halogens is 2. The van der Waals surface area contributed by atoms with Crippen LogP contribution in [0.1, 0.15) is 16.2 Å². The van der Waals surface area contributed by atoms with Crippen molar-refractivity contribution in [1.82, 2.24) is 24.6 Å². The van der Waals surface area contributed by atoms with Crippen LogP contribution in [-0.2, 0) is 0 Å². The minimum Gasteiger partial charge on any atom is -0.478 e. The predicted octanol–water partition coefficient (Wildman–Crippen LogP) is 2.16. The lowest BCUT2D eigenvalue weighted by atomic mass is 10.3. The molecule has 0 unspecified atom stereocenters. The van der Waals surface area contributed by atoms with E-state index in [2.05, 4.69) is 20.2 Å². The summed E-state index contributed by atoms with van der Waals surface area (Å²) in [7, 11) is 0. The van der Waals surface area contributed by atoms with Gasteiger partial charge < -0.3 is 9.84 Å². The van der Waals surface area contributed by atoms with Crippen molar-refractivity contribution in [3.8, 4) is 11.6 Å². The maximum Gasteiger partial charge on any atom is 0.337 e. The summed E-state index contributed by atoms with van der Waals surface area (Å²) in [4.78, 5) is 18.8. The van der Waals surface area contributed by atoms with E-state index in [-0.39, 0.29) is 42.0 Å². The number of fused-ring (bicyclic) bond motifs is 1. The first-order valence-corrected chi connectivity index (χ1v) is 5.67. The summed E-state index contributed by atoms with van der Waals surface area (Å²) < 4.78 is 7.25. The van der Waals surface area contributed by atoms with Crippen LogP contribution in [-0.4, -0.2) is 35.6 Å². The number of aromatic nitrogens is 5. The van der Waals surface area contributed by atoms with E-state index in [1.165, 1.54) is 18.5 Å². The molecule has 8 nitrogen and oxygen atoms in total. The molecular weight excluding hydrogens is 333 g/mol. The van der Waals surface area contributed by atoms with Gasteiger partial charge in [0.25, 0.3) is 5.88 Å². The Hall–Kier alpha value is -2.45. The highest BCUT2D eigenvalue weighted by Gasteiger charge is 2.11. The van der Waals surface area contributed by atoms with Gasteiger partial charge >= 0.3 is 5.97 Å². The number of aryl methyl sites for hydroxylation is 1. The number of carbonyl (C=O) groups is 1. The fourth-order valence-electron chi connectivity index (χ4n) is 1.69. The number of hydrogen-bond donors (Lipinski definition) is 1. The van der Waals surface area contributed by atoms with Gasteiger partial charge in [0.05, 0.1) is 11.8 Å². The summed E-state index contributed by atoms with van der Waals surface area (Å²) in [5.41, 5.74) is 0.484. The Morgan fingerprint density at radius 2 is 2.05 bits per heavy atom. The van der Waals surface area contributed by atoms with Crippen LogP contribution in [0.25, 0.3) is 5.65 Å². The Balaban J connectivity index is 0.00000121. The molecule has 1 N–H and O–H groups in total. The molecule has 22 heavy (non-hydrogen) atoms. The number of carboxylic acids is 1. The van der Waals surface area contributed by atoms with Crippen molar-refractivity contribution in [2.45, 2.75) is 6.92 Å². The lowest BCUT2D eigenvalue weighted by Gasteiger charge is -2.05. The van der Waals surface area contributed by atoms with Gasteiger partial charge in [0, 0.05) is 18.6 Å². The smallest absolute Gasteiger partial charge is 0.337 e. The highest BCUT2D eigenvalue weighted by atomic mass is 35.5. The number of ether oxygens (including phenoxy) is 1. The SMILES string of the molecule is Cc1nnc2c(Oc3cncc(C(=O)O)c3)nccn12.Cl.Cl. The fourth-order valence-corrected chi connectivity index (χ4v) is 1.69. The third-order valence-electron chi connectivity index (χ3n) is 2.64. The second-order valence-electron chi connectivity index (χ2n) is 3.99. The van der Waals surface area contributed by atoms with Gasteiger partial charge in [-0.1, -0.05) is 0 Å². The summed E-state index contributed by atoms with van der Waals surface area (Å²) in [5, 5.41) is 16.8. The van der Waals surface area contributed by atoms with Crippen molar-refractivity contribution in [3.63, 3.8) is 0 Å². The molecule has 0 radical (unpaired) electrons. The number of carboxylic acid groups (broad SMARTS) is 1. The summed E-state index contributed by atoms with van der Waals surface area (Å²) in [6.07, 6.45) is 5.90. The molecule has 116 valence electrons. The molecular formula is C12H11Cl2N5O3. The van der Waals surface area contributed by atoms with E-state index in [1.54, 1.807) is 23.7 Å². The Bertz CT molecular complexity index is 808. The Labute approximate surface area is 137 Å². The quantitative estimate of drug-likeness (QED) is 0.777. The van der Waals surface area contributed by atoms with E-state index in [1.807, 2.05) is 0 Å². The van der Waals surface area contributed by atoms with Gasteiger partial charge in [-0.05, 0) is 13.0 Å². The van der Waals surface area contributed by atoms with Crippen LogP contribution in [0.4, 0.5) is 0 Å². The molecule has 0 bridgehead atoms. The van der Waals surface area contributed by atoms with Crippen LogP contribution in [0.2, 0.25) is 0 Å². The van der Waals surface area contributed by atoms with Gasteiger partial charge in [-0.3, -0.25) is 9.38 Å². The molecule has 0 aliphatic heterocycles. The maximum absolute atomic E-state index is 10.9. The van der Waals surface area contributed by atoms with E-state index in [4.69, 9.17) is 9.84 Å². The second-order valence-corrected chi connectivity index (χ2v) is 3.99. The van der Waals surface area contributed by atoms with Crippen LogP contribution < -0.4 is 4.74 Å². The summed E-state index contributed by atoms with van der Waals surface area (Å²) >= 11 is 0. The topological polar surface area (TPSA) is 102 Å². The first-order valence-electron chi connectivity index (χ1n) is 5.67. The van der Waals surface area contributed by atoms with Gasteiger partial charge in [0.15, 0.2) is 0 Å². The highest BCUT2D eigenvalue weighted by molar-refractivity contribution is 5.87. The summed E-state index contributed by atoms with van der Waals surface area (Å²) in [6, 6.07) is 1.36. The van der Waals surface area contributed by atoms with Gasteiger partial charge in [-0.2, -0.15) is 0 Å². The molecule has 0 spiro atoms. The van der Waals surface area contributed by atoms with Crippen LogP contribution in [0.15, 0.2) is 30.9 Å². The lowest BCUT2D eigenvalue weighted by molar-refractivity contribution is 0.0696. The highest BCUT2D eigenvalue weighted by Crippen LogP contribution is 2.22. The van der Waals surface area contributed by atoms with Crippen molar-refractivity contribution in [1.29, 1.82) is 0 Å². The zero-order chi connectivity index (χ0) is 14.1. The van der Waals surface area contributed by atoms with Crippen LogP contribution in [0.3, 0.4) is 0 Å². The van der Waals surface area contributed by atoms with Gasteiger partial charge in [-0.15, -0.1) is 35.0 Å². The summed E-state index contributed by atoms with van der Waals surface area (Å²) in [6.45, 7) is 1.80. The van der Waals surface area contributed by atoms with Crippen LogP contribution in [0.5, 0.6) is 11.6 Å². The second kappa shape index (κ2) is 7.01. The number of pyridine rings is 1. The minimum absolute atomic E-state index is 0. The molecule has 3 aromatic rings. The summed E-state index contributed by atoms with van der Waals surface area (Å²) in [5.74, 6) is 0.126. The molecule has 0 fully saturated rings. The average molecular weight is 344 g/mol. The van der Waals surface area contributed by atoms with Crippen molar-refractivity contribution in [3.05, 3.63) is 42.2 Å². The molecule has 0 amide bonds. The Morgan fingerprint density at radius 3 is 2.77 bits per heavy atom. The lowest BCUT2D eigenvalue weighted by Crippen LogP contribution is -1.99. The largest absolute Gasteiger partial charge is 0.478 e. The average Bonchev–Trinajstić information content (AvgIpc) is 2.82. The number of hydrogen-bond acceptors (Lipinski definition) is 6. The van der Waals surface area contributed by atoms with E-state index in [0.717, 1.165) is 0 Å². The first kappa shape index (κ1) is 17.6. The van der Waals surface area contributed by atoms with Crippen molar-refractivity contribution >= 4 is 36.4 Å². The Kier molecular flexibility index (Phi) is 5.61. The molecule has 10 heteroatoms. The minimum atomic E-state index is -1.08. The molecule has 0 aliphatic carbocycles. The van der Waals surface area contributed by atoms with Gasteiger partial charge in [0.2, 0.25) is 5.65 Å². The number of aromatic carboxylic acids is 1. The zero-order valence-corrected chi connectivity index (χ0v) is 12.8. The van der Waals surface area contributed by atoms with E-state index >= 15 is 0 Å². The third-order valence-corrected chi connectivity index (χ3v) is 2.64. The first-order chi connectivity index (χ1) is 9.65. The molecule has 3 aromatic heterocycles. The standard InChI is InChI=1S/C12H9N5O3.2ClH/c1-7-15-16-10-11(14-2-3-17(7)10)20-9-4-8(12(18)19)5-13-6-9;;/h2-6H,1H3,(H,18,19);2*1H. The molecule has 0 aromatic carbocycles. The monoisotopic (exact) mass is 343 g/mol. The fraction of sp³-hybridized carbons (Fsp3) is 0.0833. The van der Waals surface area contributed by atoms with Crippen molar-refractivity contribution < 1.29 is 14.6 Å². The van der Waals surface area contributed by atoms with Gasteiger partial charge in [0.1, 0.15) is 11.6 Å². The van der Waals surface area contributed by atoms with E-state index < -0.39 is 5.97 Å². The Morgan fingerprint density at radius 1 is 1.27 bits per heavy atom. The zero-order valence-electron chi connectivity index (χ0n) is 11.2. The maximum atomic E-state index is 10.9. The number of rotatable bonds is 3. The van der Waals surface area contributed by atoms with Gasteiger partial charge in [-0.25, -0.2) is 9.78 Å². The molecule has 3 rings (SSSR count). The number of nitrogens with zero attached hydrogens (tertiary/aromatic N) is 5. The van der Waals surface area contributed by atoms with Crippen molar-refractivity contribution in [2.75, 3.05) is 0 Å². The van der Waals surface area contributed by atoms with E-state index in [9.17, 15) is 4.79 Å². The van der Waals surface area contributed by atoms with Crippen LogP contribution in [0, 0.1) is 6.92 Å². The molecule has 0 saturated carbocycles. The predicted molar refractivity (Wildman–Crippen MR) is 81.3 cm³/mol. The molecule has 0 saturated heterocycles. The molecule has 0 atom stereocenters. The third kappa shape index (κ3) is 3.23. The molecule has 0 aliphatic rings. The van der Waals surface area contributed by atoms with E-state index in [0.29, 0.717) is 11.5 Å². The van der Waals surface area contributed by atoms with Crippen LogP contribution >= 0.6 is 24.8 Å². The van der Waals surface area contributed by atoms with Crippen molar-refractivity contribution in [2.24, 2.45) is 0 Å². The normalized spacial score (nSPS) is 9.68. The molecule has 3 heterocycles.